The number of aryl methyl sites for hydroxylation is 1. The molecule has 1 atom stereocenters. The highest BCUT2D eigenvalue weighted by atomic mass is 32.2. The lowest BCUT2D eigenvalue weighted by molar-refractivity contribution is 0.102. The first kappa shape index (κ1) is 17.5. The smallest absolute Gasteiger partial charge is 0.256 e. The van der Waals surface area contributed by atoms with Crippen LogP contribution in [0.3, 0.4) is 0 Å². The van der Waals surface area contributed by atoms with Crippen LogP contribution in [0.2, 0.25) is 0 Å². The van der Waals surface area contributed by atoms with E-state index in [1.54, 1.807) is 22.9 Å². The minimum absolute atomic E-state index is 0.0640. The van der Waals surface area contributed by atoms with Gasteiger partial charge in [-0.25, -0.2) is 13.1 Å². The number of carbonyl (C=O) groups is 1. The predicted octanol–water partition coefficient (Wildman–Crippen LogP) is 1.87. The zero-order valence-corrected chi connectivity index (χ0v) is 15.4. The minimum Gasteiger partial charge on any atom is -0.378 e. The quantitative estimate of drug-likeness (QED) is 0.898. The zero-order valence-electron chi connectivity index (χ0n) is 14.6. The van der Waals surface area contributed by atoms with Gasteiger partial charge in [0.25, 0.3) is 5.91 Å². The molecule has 1 N–H and O–H groups in total. The van der Waals surface area contributed by atoms with E-state index >= 15 is 0 Å². The van der Waals surface area contributed by atoms with Gasteiger partial charge in [0.1, 0.15) is 5.82 Å². The van der Waals surface area contributed by atoms with Crippen LogP contribution in [0.15, 0.2) is 30.3 Å². The van der Waals surface area contributed by atoms with Crippen molar-refractivity contribution in [2.45, 2.75) is 19.4 Å². The van der Waals surface area contributed by atoms with E-state index in [1.807, 2.05) is 38.1 Å². The third kappa shape index (κ3) is 3.84. The van der Waals surface area contributed by atoms with E-state index in [4.69, 9.17) is 0 Å². The van der Waals surface area contributed by atoms with E-state index in [2.05, 4.69) is 10.4 Å². The van der Waals surface area contributed by atoms with Gasteiger partial charge in [0.2, 0.25) is 0 Å². The molecule has 1 aromatic carbocycles. The summed E-state index contributed by atoms with van der Waals surface area (Å²) < 4.78 is 25.1. The molecule has 0 spiro atoms. The van der Waals surface area contributed by atoms with Gasteiger partial charge in [0, 0.05) is 31.4 Å². The Hall–Kier alpha value is -2.35. The van der Waals surface area contributed by atoms with Crippen LogP contribution in [0.25, 0.3) is 0 Å². The molecule has 134 valence electrons. The van der Waals surface area contributed by atoms with Gasteiger partial charge in [0.05, 0.1) is 23.2 Å². The van der Waals surface area contributed by atoms with Gasteiger partial charge in [0.15, 0.2) is 9.84 Å². The summed E-state index contributed by atoms with van der Waals surface area (Å²) >= 11 is 0. The molecule has 1 unspecified atom stereocenters. The van der Waals surface area contributed by atoms with Gasteiger partial charge >= 0.3 is 0 Å². The van der Waals surface area contributed by atoms with Crippen molar-refractivity contribution in [3.8, 4) is 0 Å². The molecule has 1 aliphatic heterocycles. The molecule has 25 heavy (non-hydrogen) atoms. The molecule has 1 fully saturated rings. The number of hydrogen-bond acceptors (Lipinski definition) is 5. The lowest BCUT2D eigenvalue weighted by atomic mass is 10.2. The van der Waals surface area contributed by atoms with Gasteiger partial charge in [-0.15, -0.1) is 0 Å². The highest BCUT2D eigenvalue weighted by Gasteiger charge is 2.31. The second kappa shape index (κ2) is 6.51. The standard InChI is InChI=1S/C17H22N4O3S/c1-12-10-16(21(19-12)15-8-9-25(23,24)11-15)18-17(22)13-4-6-14(7-5-13)20(2)3/h4-7,10,15H,8-9,11H2,1-3H3,(H,18,22). The fourth-order valence-electron chi connectivity index (χ4n) is 2.96. The summed E-state index contributed by atoms with van der Waals surface area (Å²) in [6.07, 6.45) is 0.518. The number of sulfone groups is 1. The van der Waals surface area contributed by atoms with Crippen molar-refractivity contribution in [3.05, 3.63) is 41.6 Å². The average molecular weight is 362 g/mol. The second-order valence-corrected chi connectivity index (χ2v) is 8.80. The largest absolute Gasteiger partial charge is 0.378 e. The molecule has 0 bridgehead atoms. The van der Waals surface area contributed by atoms with E-state index in [1.165, 1.54) is 0 Å². The Balaban J connectivity index is 1.80. The molecule has 2 aromatic rings. The van der Waals surface area contributed by atoms with E-state index in [-0.39, 0.29) is 23.5 Å². The molecule has 1 amide bonds. The van der Waals surface area contributed by atoms with Gasteiger partial charge in [-0.05, 0) is 37.6 Å². The fraction of sp³-hybridized carbons (Fsp3) is 0.412. The van der Waals surface area contributed by atoms with Crippen LogP contribution in [0, 0.1) is 6.92 Å². The Morgan fingerprint density at radius 1 is 1.28 bits per heavy atom. The normalized spacial score (nSPS) is 18.9. The van der Waals surface area contributed by atoms with Gasteiger partial charge < -0.3 is 10.2 Å². The number of anilines is 2. The van der Waals surface area contributed by atoms with Gasteiger partial charge in [-0.1, -0.05) is 0 Å². The summed E-state index contributed by atoms with van der Waals surface area (Å²) in [5, 5.41) is 7.23. The molecule has 2 heterocycles. The van der Waals surface area contributed by atoms with Crippen LogP contribution < -0.4 is 10.2 Å². The van der Waals surface area contributed by atoms with Crippen molar-refractivity contribution in [2.75, 3.05) is 35.8 Å². The van der Waals surface area contributed by atoms with E-state index in [0.29, 0.717) is 17.8 Å². The molecule has 1 saturated heterocycles. The number of amides is 1. The van der Waals surface area contributed by atoms with Crippen molar-refractivity contribution in [1.29, 1.82) is 0 Å². The third-order valence-electron chi connectivity index (χ3n) is 4.30. The predicted molar refractivity (Wildman–Crippen MR) is 98.0 cm³/mol. The van der Waals surface area contributed by atoms with Crippen LogP contribution in [-0.2, 0) is 9.84 Å². The molecule has 0 radical (unpaired) electrons. The molecule has 1 aromatic heterocycles. The summed E-state index contributed by atoms with van der Waals surface area (Å²) in [6.45, 7) is 1.82. The van der Waals surface area contributed by atoms with E-state index in [0.717, 1.165) is 11.4 Å². The summed E-state index contributed by atoms with van der Waals surface area (Å²) in [5.41, 5.74) is 2.28. The molecule has 0 aliphatic carbocycles. The number of rotatable bonds is 4. The molecule has 0 saturated carbocycles. The molecular weight excluding hydrogens is 340 g/mol. The Morgan fingerprint density at radius 3 is 2.52 bits per heavy atom. The first-order valence-corrected chi connectivity index (χ1v) is 9.92. The topological polar surface area (TPSA) is 84.3 Å². The fourth-order valence-corrected chi connectivity index (χ4v) is 4.65. The maximum atomic E-state index is 12.5. The number of nitrogens with one attached hydrogen (secondary N) is 1. The van der Waals surface area contributed by atoms with Crippen molar-refractivity contribution in [3.63, 3.8) is 0 Å². The lowest BCUT2D eigenvalue weighted by Crippen LogP contribution is -2.19. The first-order chi connectivity index (χ1) is 11.7. The van der Waals surface area contributed by atoms with Crippen LogP contribution in [0.1, 0.15) is 28.5 Å². The van der Waals surface area contributed by atoms with Crippen LogP contribution in [0.5, 0.6) is 0 Å². The second-order valence-electron chi connectivity index (χ2n) is 6.57. The van der Waals surface area contributed by atoms with Crippen molar-refractivity contribution < 1.29 is 13.2 Å². The third-order valence-corrected chi connectivity index (χ3v) is 6.05. The number of nitrogens with zero attached hydrogens (tertiary/aromatic N) is 3. The van der Waals surface area contributed by atoms with Crippen LogP contribution in [-0.4, -0.2) is 49.7 Å². The van der Waals surface area contributed by atoms with Crippen LogP contribution in [0.4, 0.5) is 11.5 Å². The van der Waals surface area contributed by atoms with E-state index < -0.39 is 9.84 Å². The number of hydrogen-bond donors (Lipinski definition) is 1. The van der Waals surface area contributed by atoms with Crippen molar-refractivity contribution in [2.24, 2.45) is 0 Å². The van der Waals surface area contributed by atoms with Crippen molar-refractivity contribution in [1.82, 2.24) is 9.78 Å². The molecule has 3 rings (SSSR count). The Bertz CT molecular complexity index is 885. The monoisotopic (exact) mass is 362 g/mol. The van der Waals surface area contributed by atoms with Crippen LogP contribution >= 0.6 is 0 Å². The zero-order chi connectivity index (χ0) is 18.2. The summed E-state index contributed by atoms with van der Waals surface area (Å²) in [6, 6.07) is 8.81. The number of carbonyl (C=O) groups excluding carboxylic acids is 1. The van der Waals surface area contributed by atoms with Gasteiger partial charge in [-0.2, -0.15) is 5.10 Å². The number of aromatic nitrogens is 2. The molecule has 7 nitrogen and oxygen atoms in total. The molecule has 1 aliphatic rings. The highest BCUT2D eigenvalue weighted by Crippen LogP contribution is 2.27. The van der Waals surface area contributed by atoms with Crippen molar-refractivity contribution >= 4 is 27.2 Å². The summed E-state index contributed by atoms with van der Waals surface area (Å²) in [7, 11) is 0.850. The van der Waals surface area contributed by atoms with Gasteiger partial charge in [-0.3, -0.25) is 4.79 Å². The average Bonchev–Trinajstić information content (AvgIpc) is 3.09. The molecular formula is C17H22N4O3S. The summed E-state index contributed by atoms with van der Waals surface area (Å²) in [4.78, 5) is 14.5. The first-order valence-electron chi connectivity index (χ1n) is 8.10. The van der Waals surface area contributed by atoms with E-state index in [9.17, 15) is 13.2 Å². The highest BCUT2D eigenvalue weighted by molar-refractivity contribution is 7.91. The Morgan fingerprint density at radius 2 is 1.96 bits per heavy atom. The Kier molecular flexibility index (Phi) is 4.55. The maximum absolute atomic E-state index is 12.5. The Labute approximate surface area is 147 Å². The minimum atomic E-state index is -3.02. The summed E-state index contributed by atoms with van der Waals surface area (Å²) in [5.74, 6) is 0.512. The molecule has 8 heteroatoms. The maximum Gasteiger partial charge on any atom is 0.256 e. The number of benzene rings is 1. The SMILES string of the molecule is Cc1cc(NC(=O)c2ccc(N(C)C)cc2)n(C2CCS(=O)(=O)C2)n1. The lowest BCUT2D eigenvalue weighted by Gasteiger charge is -2.15.